The molecule has 8 heteroatoms. The Morgan fingerprint density at radius 3 is 2.48 bits per heavy atom. The maximum atomic E-state index is 12.4. The Labute approximate surface area is 130 Å². The summed E-state index contributed by atoms with van der Waals surface area (Å²) in [6.45, 7) is 0.829. The third kappa shape index (κ3) is 4.10. The molecule has 1 aromatic heterocycles. The Bertz CT molecular complexity index is 639. The van der Waals surface area contributed by atoms with Crippen LogP contribution in [0.3, 0.4) is 0 Å². The summed E-state index contributed by atoms with van der Waals surface area (Å²) in [5.74, 6) is -0.563. The smallest absolute Gasteiger partial charge is 0.382 e. The van der Waals surface area contributed by atoms with E-state index in [4.69, 9.17) is 5.11 Å². The highest BCUT2D eigenvalue weighted by atomic mass is 19.4. The molecule has 2 rings (SSSR count). The van der Waals surface area contributed by atoms with Crippen LogP contribution in [0.15, 0.2) is 36.8 Å². The minimum atomic E-state index is -4.75. The summed E-state index contributed by atoms with van der Waals surface area (Å²) in [6.07, 6.45) is -4.17. The van der Waals surface area contributed by atoms with E-state index in [0.29, 0.717) is 0 Å². The molecular weight excluding hydrogens is 311 g/mol. The summed E-state index contributed by atoms with van der Waals surface area (Å²) in [7, 11) is 0. The quantitative estimate of drug-likeness (QED) is 0.886. The number of aromatic amines is 1. The first kappa shape index (κ1) is 17.0. The number of aliphatic hydroxyl groups is 1. The van der Waals surface area contributed by atoms with Crippen molar-refractivity contribution in [2.75, 3.05) is 13.1 Å². The zero-order valence-corrected chi connectivity index (χ0v) is 12.3. The Morgan fingerprint density at radius 1 is 1.35 bits per heavy atom. The highest BCUT2D eigenvalue weighted by Crippen LogP contribution is 2.22. The van der Waals surface area contributed by atoms with Crippen LogP contribution in [-0.2, 0) is 0 Å². The highest BCUT2D eigenvalue weighted by molar-refractivity contribution is 5.94. The fourth-order valence-electron chi connectivity index (χ4n) is 2.06. The first-order valence-electron chi connectivity index (χ1n) is 6.95. The number of imidazole rings is 1. The molecule has 0 saturated carbocycles. The molecule has 1 atom stereocenters. The van der Waals surface area contributed by atoms with Gasteiger partial charge in [-0.15, -0.1) is 0 Å². The van der Waals surface area contributed by atoms with Crippen molar-refractivity contribution >= 4 is 5.91 Å². The minimum Gasteiger partial charge on any atom is -0.382 e. The van der Waals surface area contributed by atoms with Gasteiger partial charge in [0.1, 0.15) is 0 Å². The number of likely N-dealkylation sites (N-methyl/N-ethyl adjacent to an activating group) is 1. The highest BCUT2D eigenvalue weighted by Gasteiger charge is 2.39. The molecule has 124 valence electrons. The number of H-pyrrole nitrogens is 1. The number of aliphatic hydroxyl groups excluding tert-OH is 1. The van der Waals surface area contributed by atoms with E-state index in [1.165, 1.54) is 18.5 Å². The predicted octanol–water partition coefficient (Wildman–Crippen LogP) is 2.46. The van der Waals surface area contributed by atoms with Crippen LogP contribution in [0.2, 0.25) is 0 Å². The van der Waals surface area contributed by atoms with Crippen molar-refractivity contribution < 1.29 is 23.1 Å². The van der Waals surface area contributed by atoms with Gasteiger partial charge in [-0.3, -0.25) is 4.79 Å². The number of nitrogens with zero attached hydrogens (tertiary/aromatic N) is 2. The average molecular weight is 327 g/mol. The Balaban J connectivity index is 2.11. The van der Waals surface area contributed by atoms with Crippen molar-refractivity contribution in [1.29, 1.82) is 0 Å². The van der Waals surface area contributed by atoms with Gasteiger partial charge >= 0.3 is 6.18 Å². The van der Waals surface area contributed by atoms with Gasteiger partial charge in [0.25, 0.3) is 5.91 Å². The van der Waals surface area contributed by atoms with E-state index >= 15 is 0 Å². The Morgan fingerprint density at radius 2 is 2.00 bits per heavy atom. The average Bonchev–Trinajstić information content (AvgIpc) is 3.05. The molecule has 2 N–H and O–H groups in total. The number of halogens is 3. The summed E-state index contributed by atoms with van der Waals surface area (Å²) in [5.41, 5.74) is 1.82. The maximum Gasteiger partial charge on any atom is 0.416 e. The van der Waals surface area contributed by atoms with Gasteiger partial charge in [0.05, 0.1) is 24.8 Å². The summed E-state index contributed by atoms with van der Waals surface area (Å²) >= 11 is 0. The summed E-state index contributed by atoms with van der Waals surface area (Å²) < 4.78 is 37.3. The molecular formula is C15H16F3N3O2. The van der Waals surface area contributed by atoms with Gasteiger partial charge in [0.2, 0.25) is 0 Å². The molecule has 0 fully saturated rings. The number of alkyl halides is 3. The van der Waals surface area contributed by atoms with Crippen molar-refractivity contribution in [1.82, 2.24) is 14.9 Å². The summed E-state index contributed by atoms with van der Waals surface area (Å²) in [5, 5.41) is 9.12. The van der Waals surface area contributed by atoms with Crippen LogP contribution in [-0.4, -0.2) is 51.3 Å². The normalized spacial score (nSPS) is 12.9. The number of amides is 1. The topological polar surface area (TPSA) is 69.2 Å². The van der Waals surface area contributed by atoms with Crippen molar-refractivity contribution in [2.24, 2.45) is 0 Å². The first-order chi connectivity index (χ1) is 10.8. The molecule has 0 aliphatic rings. The van der Waals surface area contributed by atoms with Crippen LogP contribution >= 0.6 is 0 Å². The van der Waals surface area contributed by atoms with E-state index in [1.54, 1.807) is 25.3 Å². The zero-order chi connectivity index (χ0) is 17.0. The first-order valence-corrected chi connectivity index (χ1v) is 6.95. The minimum absolute atomic E-state index is 0.0638. The van der Waals surface area contributed by atoms with E-state index in [0.717, 1.165) is 16.2 Å². The predicted molar refractivity (Wildman–Crippen MR) is 77.7 cm³/mol. The summed E-state index contributed by atoms with van der Waals surface area (Å²) in [4.78, 5) is 20.0. The molecule has 0 unspecified atom stereocenters. The summed E-state index contributed by atoms with van der Waals surface area (Å²) in [6, 6.07) is 6.41. The number of benzene rings is 1. The molecule has 0 saturated heterocycles. The van der Waals surface area contributed by atoms with Crippen LogP contribution in [0.5, 0.6) is 0 Å². The second kappa shape index (κ2) is 6.82. The van der Waals surface area contributed by atoms with Gasteiger partial charge in [-0.05, 0) is 24.6 Å². The molecule has 1 heterocycles. The largest absolute Gasteiger partial charge is 0.416 e. The third-order valence-electron chi connectivity index (χ3n) is 3.38. The molecule has 5 nitrogen and oxygen atoms in total. The van der Waals surface area contributed by atoms with Gasteiger partial charge in [-0.2, -0.15) is 13.2 Å². The van der Waals surface area contributed by atoms with E-state index in [-0.39, 0.29) is 12.1 Å². The lowest BCUT2D eigenvalue weighted by molar-refractivity contribution is -0.206. The van der Waals surface area contributed by atoms with E-state index in [2.05, 4.69) is 9.97 Å². The molecule has 1 aromatic carbocycles. The van der Waals surface area contributed by atoms with Crippen LogP contribution in [0, 0.1) is 0 Å². The van der Waals surface area contributed by atoms with Crippen molar-refractivity contribution in [2.45, 2.75) is 19.2 Å². The lowest BCUT2D eigenvalue weighted by Crippen LogP contribution is -2.43. The molecule has 23 heavy (non-hydrogen) atoms. The lowest BCUT2D eigenvalue weighted by Gasteiger charge is -2.25. The van der Waals surface area contributed by atoms with Gasteiger partial charge in [0, 0.05) is 12.1 Å². The molecule has 0 spiro atoms. The van der Waals surface area contributed by atoms with Crippen molar-refractivity contribution in [3.63, 3.8) is 0 Å². The number of carbonyl (C=O) groups is 1. The number of hydrogen-bond acceptors (Lipinski definition) is 3. The molecule has 0 bridgehead atoms. The SMILES string of the molecule is CCN(C[C@H](O)C(F)(F)F)C(=O)c1ccc(-c2cnc[nH]2)cc1. The fourth-order valence-corrected chi connectivity index (χ4v) is 2.06. The molecule has 1 amide bonds. The van der Waals surface area contributed by atoms with Gasteiger partial charge in [0.15, 0.2) is 6.10 Å². The number of carbonyl (C=O) groups excluding carboxylic acids is 1. The number of rotatable bonds is 5. The second-order valence-electron chi connectivity index (χ2n) is 4.94. The molecule has 0 radical (unpaired) electrons. The molecule has 0 aliphatic carbocycles. The van der Waals surface area contributed by atoms with E-state index < -0.39 is 24.7 Å². The van der Waals surface area contributed by atoms with Gasteiger partial charge in [-0.1, -0.05) is 12.1 Å². The van der Waals surface area contributed by atoms with E-state index in [9.17, 15) is 18.0 Å². The standard InChI is InChI=1S/C15H16F3N3O2/c1-2-21(8-13(22)15(16,17)18)14(23)11-5-3-10(4-6-11)12-7-19-9-20-12/h3-7,9,13,22H,2,8H2,1H3,(H,19,20)/t13-/m0/s1. The maximum absolute atomic E-state index is 12.4. The Hall–Kier alpha value is -2.35. The van der Waals surface area contributed by atoms with E-state index in [1.807, 2.05) is 0 Å². The van der Waals surface area contributed by atoms with Crippen LogP contribution < -0.4 is 0 Å². The van der Waals surface area contributed by atoms with Crippen LogP contribution in [0.4, 0.5) is 13.2 Å². The zero-order valence-electron chi connectivity index (χ0n) is 12.3. The second-order valence-corrected chi connectivity index (χ2v) is 4.94. The van der Waals surface area contributed by atoms with Crippen molar-refractivity contribution in [3.8, 4) is 11.3 Å². The molecule has 0 aliphatic heterocycles. The fraction of sp³-hybridized carbons (Fsp3) is 0.333. The number of nitrogens with one attached hydrogen (secondary N) is 1. The van der Waals surface area contributed by atoms with Gasteiger partial charge < -0.3 is 15.0 Å². The van der Waals surface area contributed by atoms with Crippen LogP contribution in [0.25, 0.3) is 11.3 Å². The third-order valence-corrected chi connectivity index (χ3v) is 3.38. The lowest BCUT2D eigenvalue weighted by atomic mass is 10.1. The number of hydrogen-bond donors (Lipinski definition) is 2. The molecule has 2 aromatic rings. The monoisotopic (exact) mass is 327 g/mol. The number of aromatic nitrogens is 2. The Kier molecular flexibility index (Phi) is 5.05. The van der Waals surface area contributed by atoms with Crippen molar-refractivity contribution in [3.05, 3.63) is 42.4 Å². The van der Waals surface area contributed by atoms with Crippen LogP contribution in [0.1, 0.15) is 17.3 Å². The van der Waals surface area contributed by atoms with Gasteiger partial charge in [-0.25, -0.2) is 4.98 Å².